The zero-order valence-electron chi connectivity index (χ0n) is 10.5. The van der Waals surface area contributed by atoms with E-state index in [1.807, 2.05) is 30.3 Å². The maximum atomic E-state index is 10.1. The number of hydrogen-bond donors (Lipinski definition) is 1. The van der Waals surface area contributed by atoms with E-state index in [0.29, 0.717) is 5.02 Å². The highest BCUT2D eigenvalue weighted by Gasteiger charge is 2.09. The van der Waals surface area contributed by atoms with Crippen molar-refractivity contribution >= 4 is 27.5 Å². The van der Waals surface area contributed by atoms with Crippen LogP contribution >= 0.6 is 27.5 Å². The smallest absolute Gasteiger partial charge is 0.0790 e. The maximum absolute atomic E-state index is 10.1. The zero-order valence-corrected chi connectivity index (χ0v) is 12.9. The maximum Gasteiger partial charge on any atom is 0.0790 e. The quantitative estimate of drug-likeness (QED) is 0.798. The first-order chi connectivity index (χ1) is 9.16. The second-order valence-corrected chi connectivity index (χ2v) is 5.83. The molecule has 0 spiro atoms. The molecular weight excluding hydrogens is 324 g/mol. The molecule has 0 aliphatic rings. The van der Waals surface area contributed by atoms with Gasteiger partial charge in [0.05, 0.1) is 11.1 Å². The van der Waals surface area contributed by atoms with Gasteiger partial charge in [-0.3, -0.25) is 0 Å². The first-order valence-electron chi connectivity index (χ1n) is 6.34. The molecule has 0 amide bonds. The molecule has 2 aromatic rings. The van der Waals surface area contributed by atoms with E-state index < -0.39 is 6.10 Å². The third-order valence-electron chi connectivity index (χ3n) is 3.11. The Balaban J connectivity index is 1.87. The van der Waals surface area contributed by atoms with Gasteiger partial charge in [0, 0.05) is 4.47 Å². The molecule has 1 N–H and O–H groups in total. The van der Waals surface area contributed by atoms with Crippen molar-refractivity contribution in [3.8, 4) is 0 Å². The van der Waals surface area contributed by atoms with E-state index in [-0.39, 0.29) is 0 Å². The third-order valence-corrected chi connectivity index (χ3v) is 4.33. The fourth-order valence-corrected chi connectivity index (χ4v) is 2.54. The normalized spacial score (nSPS) is 12.4. The molecule has 100 valence electrons. The summed E-state index contributed by atoms with van der Waals surface area (Å²) in [4.78, 5) is 0. The molecule has 0 aliphatic carbocycles. The molecule has 1 nitrogen and oxygen atoms in total. The van der Waals surface area contributed by atoms with Gasteiger partial charge in [-0.1, -0.05) is 48.0 Å². The lowest BCUT2D eigenvalue weighted by atomic mass is 10.0. The second-order valence-electron chi connectivity index (χ2n) is 4.57. The highest BCUT2D eigenvalue weighted by molar-refractivity contribution is 9.10. The highest BCUT2D eigenvalue weighted by atomic mass is 79.9. The lowest BCUT2D eigenvalue weighted by molar-refractivity contribution is 0.164. The Bertz CT molecular complexity index is 528. The topological polar surface area (TPSA) is 20.2 Å². The summed E-state index contributed by atoms with van der Waals surface area (Å²) in [5, 5.41) is 10.8. The van der Waals surface area contributed by atoms with Crippen LogP contribution in [-0.4, -0.2) is 5.11 Å². The fraction of sp³-hybridized carbons (Fsp3) is 0.250. The summed E-state index contributed by atoms with van der Waals surface area (Å²) in [6.07, 6.45) is 2.28. The van der Waals surface area contributed by atoms with Crippen molar-refractivity contribution in [2.24, 2.45) is 0 Å². The third kappa shape index (κ3) is 4.34. The average Bonchev–Trinajstić information content (AvgIpc) is 2.43. The molecule has 1 unspecified atom stereocenters. The van der Waals surface area contributed by atoms with Crippen LogP contribution < -0.4 is 0 Å². The fourth-order valence-electron chi connectivity index (χ4n) is 2.03. The van der Waals surface area contributed by atoms with Crippen LogP contribution in [0.4, 0.5) is 0 Å². The molecule has 0 heterocycles. The molecule has 0 bridgehead atoms. The van der Waals surface area contributed by atoms with E-state index in [4.69, 9.17) is 11.6 Å². The Morgan fingerprint density at radius 2 is 1.84 bits per heavy atom. The van der Waals surface area contributed by atoms with E-state index >= 15 is 0 Å². The number of halogens is 2. The van der Waals surface area contributed by atoms with E-state index in [9.17, 15) is 5.11 Å². The summed E-state index contributed by atoms with van der Waals surface area (Å²) in [6.45, 7) is 0. The predicted octanol–water partition coefficient (Wildman–Crippen LogP) is 5.16. The van der Waals surface area contributed by atoms with Gasteiger partial charge in [0.2, 0.25) is 0 Å². The first kappa shape index (κ1) is 14.6. The minimum absolute atomic E-state index is 0.433. The van der Waals surface area contributed by atoms with E-state index in [0.717, 1.165) is 29.3 Å². The molecule has 0 radical (unpaired) electrons. The summed E-state index contributed by atoms with van der Waals surface area (Å²) < 4.78 is 0.828. The number of hydrogen-bond acceptors (Lipinski definition) is 1. The lowest BCUT2D eigenvalue weighted by Gasteiger charge is -2.11. The Hall–Kier alpha value is -0.830. The van der Waals surface area contributed by atoms with Crippen molar-refractivity contribution in [1.82, 2.24) is 0 Å². The summed E-state index contributed by atoms with van der Waals surface area (Å²) >= 11 is 9.32. The molecule has 0 aliphatic heterocycles. The molecule has 0 aromatic heterocycles. The Morgan fingerprint density at radius 1 is 1.11 bits per heavy atom. The van der Waals surface area contributed by atoms with Crippen molar-refractivity contribution in [3.05, 3.63) is 69.2 Å². The predicted molar refractivity (Wildman–Crippen MR) is 83.5 cm³/mol. The van der Waals surface area contributed by atoms with Gasteiger partial charge in [-0.25, -0.2) is 0 Å². The molecule has 3 heteroatoms. The van der Waals surface area contributed by atoms with Crippen LogP contribution in [-0.2, 0) is 6.42 Å². The molecule has 2 aromatic carbocycles. The largest absolute Gasteiger partial charge is 0.388 e. The van der Waals surface area contributed by atoms with Gasteiger partial charge in [0.1, 0.15) is 0 Å². The van der Waals surface area contributed by atoms with Gasteiger partial charge in [-0.05, 0) is 58.5 Å². The number of benzene rings is 2. The summed E-state index contributed by atoms with van der Waals surface area (Å²) in [6, 6.07) is 15.9. The Kier molecular flexibility index (Phi) is 5.44. The van der Waals surface area contributed by atoms with Crippen LogP contribution in [0.25, 0.3) is 0 Å². The molecule has 2 rings (SSSR count). The van der Waals surface area contributed by atoms with Crippen molar-refractivity contribution < 1.29 is 5.11 Å². The van der Waals surface area contributed by atoms with Gasteiger partial charge >= 0.3 is 0 Å². The lowest BCUT2D eigenvalue weighted by Crippen LogP contribution is -1.98. The van der Waals surface area contributed by atoms with Crippen molar-refractivity contribution in [3.63, 3.8) is 0 Å². The summed E-state index contributed by atoms with van der Waals surface area (Å²) in [7, 11) is 0. The summed E-state index contributed by atoms with van der Waals surface area (Å²) in [5.41, 5.74) is 2.22. The van der Waals surface area contributed by atoms with Gasteiger partial charge in [0.15, 0.2) is 0 Å². The molecule has 19 heavy (non-hydrogen) atoms. The molecular formula is C16H16BrClO. The number of aliphatic hydroxyl groups excluding tert-OH is 1. The van der Waals surface area contributed by atoms with Crippen molar-refractivity contribution in [2.45, 2.75) is 25.4 Å². The minimum atomic E-state index is -0.433. The average molecular weight is 340 g/mol. The van der Waals surface area contributed by atoms with Gasteiger partial charge in [-0.2, -0.15) is 0 Å². The minimum Gasteiger partial charge on any atom is -0.388 e. The number of rotatable bonds is 5. The summed E-state index contributed by atoms with van der Waals surface area (Å²) in [5.74, 6) is 0. The first-order valence-corrected chi connectivity index (χ1v) is 7.51. The van der Waals surface area contributed by atoms with E-state index in [1.165, 1.54) is 5.56 Å². The highest BCUT2D eigenvalue weighted by Crippen LogP contribution is 2.28. The zero-order chi connectivity index (χ0) is 13.7. The monoisotopic (exact) mass is 338 g/mol. The number of aryl methyl sites for hydroxylation is 1. The van der Waals surface area contributed by atoms with Crippen LogP contribution in [0, 0.1) is 0 Å². The number of aliphatic hydroxyl groups is 1. The van der Waals surface area contributed by atoms with Crippen LogP contribution in [0.3, 0.4) is 0 Å². The van der Waals surface area contributed by atoms with Crippen molar-refractivity contribution in [2.75, 3.05) is 0 Å². The van der Waals surface area contributed by atoms with E-state index in [2.05, 4.69) is 28.1 Å². The van der Waals surface area contributed by atoms with Gasteiger partial charge in [-0.15, -0.1) is 0 Å². The van der Waals surface area contributed by atoms with Gasteiger partial charge in [0.25, 0.3) is 0 Å². The Labute approximate surface area is 127 Å². The Morgan fingerprint density at radius 3 is 2.53 bits per heavy atom. The second kappa shape index (κ2) is 7.09. The SMILES string of the molecule is OC(CCCc1ccccc1)c1ccc(Cl)c(Br)c1. The van der Waals surface area contributed by atoms with Crippen LogP contribution in [0.2, 0.25) is 5.02 Å². The van der Waals surface area contributed by atoms with Gasteiger partial charge < -0.3 is 5.11 Å². The van der Waals surface area contributed by atoms with Crippen LogP contribution in [0.5, 0.6) is 0 Å². The molecule has 0 saturated carbocycles. The molecule has 0 fully saturated rings. The standard InChI is InChI=1S/C16H16BrClO/c17-14-11-13(9-10-15(14)18)16(19)8-4-7-12-5-2-1-3-6-12/h1-3,5-6,9-11,16,19H,4,7-8H2. The molecule has 1 atom stereocenters. The van der Waals surface area contributed by atoms with E-state index in [1.54, 1.807) is 6.07 Å². The van der Waals surface area contributed by atoms with Crippen molar-refractivity contribution in [1.29, 1.82) is 0 Å². The van der Waals surface area contributed by atoms with Crippen LogP contribution in [0.15, 0.2) is 53.0 Å². The van der Waals surface area contributed by atoms with Crippen LogP contribution in [0.1, 0.15) is 30.1 Å². The molecule has 0 saturated heterocycles.